The van der Waals surface area contributed by atoms with Crippen LogP contribution in [-0.2, 0) is 0 Å². The molecule has 0 spiro atoms. The first-order valence-corrected chi connectivity index (χ1v) is 3.15. The van der Waals surface area contributed by atoms with E-state index in [1.165, 1.54) is 6.07 Å². The Morgan fingerprint density at radius 2 is 2.31 bits per heavy atom. The summed E-state index contributed by atoms with van der Waals surface area (Å²) in [5.41, 5.74) is -0.581. The van der Waals surface area contributed by atoms with Crippen molar-refractivity contribution in [2.24, 2.45) is 0 Å². The Morgan fingerprint density at radius 1 is 1.62 bits per heavy atom. The molecule has 0 radical (unpaired) electrons. The molecule has 0 aliphatic heterocycles. The molecule has 0 aromatic carbocycles. The third kappa shape index (κ3) is 2.32. The first-order chi connectivity index (χ1) is 6.11. The second kappa shape index (κ2) is 3.74. The summed E-state index contributed by atoms with van der Waals surface area (Å²) in [5, 5.41) is 10.2. The number of hydrogen-bond acceptors (Lipinski definition) is 4. The molecule has 0 bridgehead atoms. The highest BCUT2D eigenvalue weighted by molar-refractivity contribution is 5.39. The number of nitrogens with zero attached hydrogens (tertiary/aromatic N) is 2. The summed E-state index contributed by atoms with van der Waals surface area (Å²) in [6.07, 6.45) is 1.13. The first kappa shape index (κ1) is 9.30. The molecule has 7 heteroatoms. The molecule has 0 N–H and O–H groups in total. The Kier molecular flexibility index (Phi) is 2.68. The van der Waals surface area contributed by atoms with Gasteiger partial charge < -0.3 is 4.74 Å². The average molecular weight is 190 g/mol. The van der Waals surface area contributed by atoms with Crippen LogP contribution in [0.25, 0.3) is 0 Å². The molecule has 0 aliphatic rings. The number of rotatable bonds is 3. The molecule has 0 atom stereocenters. The van der Waals surface area contributed by atoms with Crippen LogP contribution in [0.5, 0.6) is 5.88 Å². The van der Waals surface area contributed by atoms with Crippen molar-refractivity contribution in [3.63, 3.8) is 0 Å². The van der Waals surface area contributed by atoms with E-state index in [-0.39, 0.29) is 0 Å². The summed E-state index contributed by atoms with van der Waals surface area (Å²) < 4.78 is 27.2. The maximum absolute atomic E-state index is 11.7. The van der Waals surface area contributed by atoms with Gasteiger partial charge in [0.1, 0.15) is 0 Å². The van der Waals surface area contributed by atoms with Crippen LogP contribution in [0.4, 0.5) is 14.5 Å². The van der Waals surface area contributed by atoms with Gasteiger partial charge in [-0.25, -0.2) is 4.98 Å². The van der Waals surface area contributed by atoms with E-state index < -0.39 is 23.1 Å². The quantitative estimate of drug-likeness (QED) is 0.536. The predicted octanol–water partition coefficient (Wildman–Crippen LogP) is 1.59. The Balaban J connectivity index is 2.98. The van der Waals surface area contributed by atoms with E-state index in [4.69, 9.17) is 0 Å². The minimum atomic E-state index is -3.12. The highest BCUT2D eigenvalue weighted by Crippen LogP contribution is 2.24. The third-order valence-corrected chi connectivity index (χ3v) is 1.15. The normalized spacial score (nSPS) is 10.1. The zero-order valence-electron chi connectivity index (χ0n) is 6.18. The van der Waals surface area contributed by atoms with Crippen LogP contribution >= 0.6 is 0 Å². The molecule has 0 unspecified atom stereocenters. The largest absolute Gasteiger partial charge is 0.411 e. The second-order valence-electron chi connectivity index (χ2n) is 1.96. The smallest absolute Gasteiger partial charge is 0.388 e. The van der Waals surface area contributed by atoms with E-state index in [0.29, 0.717) is 0 Å². The van der Waals surface area contributed by atoms with Crippen molar-refractivity contribution in [1.29, 1.82) is 0 Å². The third-order valence-electron chi connectivity index (χ3n) is 1.15. The summed E-state index contributed by atoms with van der Waals surface area (Å²) >= 11 is 0. The van der Waals surface area contributed by atoms with Gasteiger partial charge in [0, 0.05) is 12.3 Å². The molecule has 13 heavy (non-hydrogen) atoms. The fourth-order valence-corrected chi connectivity index (χ4v) is 0.696. The van der Waals surface area contributed by atoms with Gasteiger partial charge in [-0.15, -0.1) is 0 Å². The van der Waals surface area contributed by atoms with Gasteiger partial charge in [0.15, 0.2) is 0 Å². The minimum absolute atomic E-state index is 0.581. The molecule has 1 rings (SSSR count). The van der Waals surface area contributed by atoms with Crippen LogP contribution in [0.1, 0.15) is 0 Å². The van der Waals surface area contributed by atoms with Crippen molar-refractivity contribution in [3.8, 4) is 5.88 Å². The highest BCUT2D eigenvalue weighted by atomic mass is 19.3. The lowest BCUT2D eigenvalue weighted by molar-refractivity contribution is -0.386. The second-order valence-corrected chi connectivity index (χ2v) is 1.96. The Labute approximate surface area is 71.1 Å². The van der Waals surface area contributed by atoms with Crippen LogP contribution in [-0.4, -0.2) is 16.5 Å². The van der Waals surface area contributed by atoms with Gasteiger partial charge in [-0.3, -0.25) is 10.1 Å². The zero-order chi connectivity index (χ0) is 9.84. The molecule has 1 heterocycles. The topological polar surface area (TPSA) is 65.3 Å². The van der Waals surface area contributed by atoms with Crippen LogP contribution in [0.15, 0.2) is 18.3 Å². The lowest BCUT2D eigenvalue weighted by Crippen LogP contribution is -2.05. The molecule has 0 saturated carbocycles. The van der Waals surface area contributed by atoms with Crippen LogP contribution < -0.4 is 4.74 Å². The summed E-state index contributed by atoms with van der Waals surface area (Å²) in [6.45, 7) is -3.12. The van der Waals surface area contributed by atoms with Gasteiger partial charge in [-0.2, -0.15) is 8.78 Å². The Morgan fingerprint density at radius 3 is 2.85 bits per heavy atom. The van der Waals surface area contributed by atoms with Crippen molar-refractivity contribution in [2.75, 3.05) is 0 Å². The lowest BCUT2D eigenvalue weighted by Gasteiger charge is -2.02. The van der Waals surface area contributed by atoms with Crippen LogP contribution in [0.3, 0.4) is 0 Å². The van der Waals surface area contributed by atoms with Gasteiger partial charge in [0.25, 0.3) is 5.88 Å². The molecular weight excluding hydrogens is 186 g/mol. The van der Waals surface area contributed by atoms with Crippen molar-refractivity contribution < 1.29 is 18.4 Å². The fraction of sp³-hybridized carbons (Fsp3) is 0.167. The zero-order valence-corrected chi connectivity index (χ0v) is 6.18. The van der Waals surface area contributed by atoms with Crippen LogP contribution in [0, 0.1) is 10.1 Å². The summed E-state index contributed by atoms with van der Waals surface area (Å²) in [6, 6.07) is 2.29. The molecule has 70 valence electrons. The van der Waals surface area contributed by atoms with Gasteiger partial charge in [0.05, 0.1) is 4.92 Å². The number of halogens is 2. The fourth-order valence-electron chi connectivity index (χ4n) is 0.696. The van der Waals surface area contributed by atoms with Crippen LogP contribution in [0.2, 0.25) is 0 Å². The Bertz CT molecular complexity index is 319. The monoisotopic (exact) mass is 190 g/mol. The summed E-state index contributed by atoms with van der Waals surface area (Å²) in [7, 11) is 0. The molecule has 0 aliphatic carbocycles. The number of pyridine rings is 1. The predicted molar refractivity (Wildman–Crippen MR) is 37.5 cm³/mol. The maximum atomic E-state index is 11.7. The summed E-state index contributed by atoms with van der Waals surface area (Å²) in [5.74, 6) is -0.678. The average Bonchev–Trinajstić information content (AvgIpc) is 2.03. The molecule has 1 aromatic rings. The number of nitro groups is 1. The van der Waals surface area contributed by atoms with E-state index >= 15 is 0 Å². The molecule has 5 nitrogen and oxygen atoms in total. The van der Waals surface area contributed by atoms with Crippen molar-refractivity contribution in [1.82, 2.24) is 4.98 Å². The van der Waals surface area contributed by atoms with Gasteiger partial charge in [-0.05, 0) is 6.07 Å². The van der Waals surface area contributed by atoms with E-state index in [1.807, 2.05) is 0 Å². The molecule has 0 fully saturated rings. The van der Waals surface area contributed by atoms with E-state index in [2.05, 4.69) is 9.72 Å². The van der Waals surface area contributed by atoms with Crippen molar-refractivity contribution in [2.45, 2.75) is 6.61 Å². The van der Waals surface area contributed by atoms with E-state index in [1.54, 1.807) is 0 Å². The SMILES string of the molecule is O=[N+]([O-])c1cccnc1OC(F)F. The highest BCUT2D eigenvalue weighted by Gasteiger charge is 2.18. The van der Waals surface area contributed by atoms with E-state index in [0.717, 1.165) is 12.3 Å². The first-order valence-electron chi connectivity index (χ1n) is 3.15. The molecule has 1 aromatic heterocycles. The van der Waals surface area contributed by atoms with Gasteiger partial charge >= 0.3 is 12.3 Å². The van der Waals surface area contributed by atoms with Gasteiger partial charge in [-0.1, -0.05) is 0 Å². The van der Waals surface area contributed by atoms with E-state index in [9.17, 15) is 18.9 Å². The number of ether oxygens (including phenoxy) is 1. The lowest BCUT2D eigenvalue weighted by atomic mass is 10.4. The van der Waals surface area contributed by atoms with Crippen molar-refractivity contribution >= 4 is 5.69 Å². The molecular formula is C6H4F2N2O3. The Hall–Kier alpha value is -1.79. The van der Waals surface area contributed by atoms with Crippen molar-refractivity contribution in [3.05, 3.63) is 28.4 Å². The molecule has 0 saturated heterocycles. The number of aromatic nitrogens is 1. The standard InChI is InChI=1S/C6H4F2N2O3/c7-6(8)13-5-4(10(11)12)2-1-3-9-5/h1-3,6H. The number of hydrogen-bond donors (Lipinski definition) is 0. The number of alkyl halides is 2. The summed E-state index contributed by atoms with van der Waals surface area (Å²) in [4.78, 5) is 12.7. The maximum Gasteiger partial charge on any atom is 0.388 e. The molecule has 0 amide bonds. The minimum Gasteiger partial charge on any atom is -0.411 e. The van der Waals surface area contributed by atoms with Gasteiger partial charge in [0.2, 0.25) is 0 Å².